The molecule has 2 unspecified atom stereocenters. The van der Waals surface area contributed by atoms with E-state index in [0.717, 1.165) is 25.7 Å². The maximum atomic E-state index is 13.9. The quantitative estimate of drug-likeness (QED) is 0.260. The first kappa shape index (κ1) is 31.7. The van der Waals surface area contributed by atoms with Gasteiger partial charge in [-0.1, -0.05) is 45.2 Å². The number of rotatable bonds is 15. The summed E-state index contributed by atoms with van der Waals surface area (Å²) in [5.74, 6) is -1.47. The lowest BCUT2D eigenvalue weighted by Gasteiger charge is -2.34. The molecule has 1 rings (SSSR count). The molecule has 0 saturated heterocycles. The third-order valence-corrected chi connectivity index (χ3v) is 5.55. The number of nitrogens with one attached hydrogen (secondary N) is 2. The van der Waals surface area contributed by atoms with Gasteiger partial charge in [-0.25, -0.2) is 4.79 Å². The van der Waals surface area contributed by atoms with Crippen LogP contribution in [0, 0.1) is 0 Å². The summed E-state index contributed by atoms with van der Waals surface area (Å²) in [7, 11) is 0. The normalized spacial score (nSPS) is 12.8. The molecule has 5 N–H and O–H groups in total. The van der Waals surface area contributed by atoms with Gasteiger partial charge < -0.3 is 31.1 Å². The van der Waals surface area contributed by atoms with Crippen molar-refractivity contribution < 1.29 is 29.0 Å². The van der Waals surface area contributed by atoms with Gasteiger partial charge in [0.2, 0.25) is 17.7 Å². The Hall–Kier alpha value is -3.30. The van der Waals surface area contributed by atoms with Crippen molar-refractivity contribution in [3.63, 3.8) is 0 Å². The first-order chi connectivity index (χ1) is 17.4. The van der Waals surface area contributed by atoms with E-state index in [2.05, 4.69) is 10.6 Å². The molecule has 0 fully saturated rings. The van der Waals surface area contributed by atoms with Gasteiger partial charge in [0.1, 0.15) is 23.4 Å². The second-order valence-corrected chi connectivity index (χ2v) is 10.1. The van der Waals surface area contributed by atoms with Gasteiger partial charge in [-0.15, -0.1) is 0 Å². The fourth-order valence-corrected chi connectivity index (χ4v) is 3.71. The number of phenolic OH excluding ortho intramolecular Hbond substituents is 1. The Bertz CT molecular complexity index is 882. The van der Waals surface area contributed by atoms with Crippen LogP contribution in [0.15, 0.2) is 24.3 Å². The molecule has 0 aliphatic heterocycles. The van der Waals surface area contributed by atoms with E-state index in [1.54, 1.807) is 32.9 Å². The van der Waals surface area contributed by atoms with E-state index in [-0.39, 0.29) is 31.0 Å². The number of primary amides is 1. The van der Waals surface area contributed by atoms with E-state index >= 15 is 0 Å². The maximum Gasteiger partial charge on any atom is 0.408 e. The Morgan fingerprint density at radius 2 is 1.65 bits per heavy atom. The van der Waals surface area contributed by atoms with Gasteiger partial charge in [0.05, 0.1) is 0 Å². The molecule has 0 aromatic heterocycles. The number of carbonyl (C=O) groups excluding carboxylic acids is 4. The first-order valence-electron chi connectivity index (χ1n) is 13.0. The van der Waals surface area contributed by atoms with Crippen molar-refractivity contribution in [1.29, 1.82) is 0 Å². The minimum atomic E-state index is -1.13. The molecule has 0 heterocycles. The molecular weight excluding hydrogens is 476 g/mol. The third-order valence-electron chi connectivity index (χ3n) is 5.55. The van der Waals surface area contributed by atoms with Gasteiger partial charge in [-0.3, -0.25) is 14.4 Å². The average molecular weight is 521 g/mol. The van der Waals surface area contributed by atoms with Gasteiger partial charge >= 0.3 is 6.09 Å². The van der Waals surface area contributed by atoms with Crippen molar-refractivity contribution in [2.24, 2.45) is 5.73 Å². The van der Waals surface area contributed by atoms with E-state index in [1.807, 2.05) is 13.8 Å². The van der Waals surface area contributed by atoms with Crippen molar-refractivity contribution in [1.82, 2.24) is 15.5 Å². The standard InChI is InChI=1S/C27H44N4O6/c1-6-8-10-18-31(23(24(34)29-17-9-7-2)19-11-13-20(32)14-12-19)25(35)21(15-16-22(28)33)30-26(36)37-27(3,4)5/h11-14,21,23,32H,6-10,15-18H2,1-5H3,(H2,28,33)(H,29,34)(H,30,36). The fraction of sp³-hybridized carbons (Fsp3) is 0.630. The van der Waals surface area contributed by atoms with Crippen molar-refractivity contribution in [2.45, 2.75) is 97.2 Å². The Labute approximate surface area is 220 Å². The lowest BCUT2D eigenvalue weighted by Crippen LogP contribution is -2.53. The van der Waals surface area contributed by atoms with Crippen molar-refractivity contribution in [3.8, 4) is 5.75 Å². The number of nitrogens with two attached hydrogens (primary N) is 1. The molecule has 4 amide bonds. The van der Waals surface area contributed by atoms with Crippen LogP contribution in [0.5, 0.6) is 5.75 Å². The number of hydrogen-bond acceptors (Lipinski definition) is 6. The molecule has 10 heteroatoms. The summed E-state index contributed by atoms with van der Waals surface area (Å²) in [4.78, 5) is 52.9. The highest BCUT2D eigenvalue weighted by molar-refractivity contribution is 5.92. The molecule has 37 heavy (non-hydrogen) atoms. The Morgan fingerprint density at radius 1 is 1.03 bits per heavy atom. The molecule has 10 nitrogen and oxygen atoms in total. The molecule has 0 radical (unpaired) electrons. The molecule has 0 spiro atoms. The second-order valence-electron chi connectivity index (χ2n) is 10.1. The highest BCUT2D eigenvalue weighted by atomic mass is 16.6. The molecule has 1 aromatic carbocycles. The Morgan fingerprint density at radius 3 is 2.19 bits per heavy atom. The molecule has 2 atom stereocenters. The Kier molecular flexibility index (Phi) is 13.5. The van der Waals surface area contributed by atoms with Crippen molar-refractivity contribution in [2.75, 3.05) is 13.1 Å². The van der Waals surface area contributed by atoms with Gasteiger partial charge in [0.15, 0.2) is 0 Å². The number of aromatic hydroxyl groups is 1. The summed E-state index contributed by atoms with van der Waals surface area (Å²) in [5.41, 5.74) is 5.05. The van der Waals surface area contributed by atoms with Crippen LogP contribution in [0.2, 0.25) is 0 Å². The van der Waals surface area contributed by atoms with Crippen LogP contribution < -0.4 is 16.4 Å². The summed E-state index contributed by atoms with van der Waals surface area (Å²) in [6.45, 7) is 9.84. The van der Waals surface area contributed by atoms with E-state index in [1.165, 1.54) is 17.0 Å². The molecule has 208 valence electrons. The van der Waals surface area contributed by atoms with Gasteiger partial charge in [-0.05, 0) is 57.7 Å². The van der Waals surface area contributed by atoms with E-state index in [0.29, 0.717) is 18.5 Å². The summed E-state index contributed by atoms with van der Waals surface area (Å²) < 4.78 is 5.33. The highest BCUT2D eigenvalue weighted by Crippen LogP contribution is 2.26. The van der Waals surface area contributed by atoms with Crippen LogP contribution in [0.4, 0.5) is 4.79 Å². The minimum Gasteiger partial charge on any atom is -0.508 e. The summed E-state index contributed by atoms with van der Waals surface area (Å²) >= 11 is 0. The van der Waals surface area contributed by atoms with Gasteiger partial charge in [0, 0.05) is 19.5 Å². The number of ether oxygens (including phenoxy) is 1. The summed E-state index contributed by atoms with van der Waals surface area (Å²) in [6.07, 6.45) is 3.03. The maximum absolute atomic E-state index is 13.9. The number of unbranched alkanes of at least 4 members (excludes halogenated alkanes) is 3. The van der Waals surface area contributed by atoms with Crippen LogP contribution >= 0.6 is 0 Å². The lowest BCUT2D eigenvalue weighted by molar-refractivity contribution is -0.142. The van der Waals surface area contributed by atoms with Crippen LogP contribution in [0.1, 0.15) is 91.2 Å². The van der Waals surface area contributed by atoms with Gasteiger partial charge in [-0.2, -0.15) is 0 Å². The SMILES string of the molecule is CCCCCN(C(=O)C(CCC(N)=O)NC(=O)OC(C)(C)C)C(C(=O)NCCCC)c1ccc(O)cc1. The number of hydrogen-bond donors (Lipinski definition) is 4. The van der Waals surface area contributed by atoms with Crippen LogP contribution in [-0.4, -0.2) is 58.6 Å². The molecule has 0 aliphatic carbocycles. The number of nitrogens with zero attached hydrogens (tertiary/aromatic N) is 1. The predicted octanol–water partition coefficient (Wildman–Crippen LogP) is 3.53. The van der Waals surface area contributed by atoms with Crippen LogP contribution in [0.3, 0.4) is 0 Å². The molecule has 0 bridgehead atoms. The van der Waals surface area contributed by atoms with E-state index in [4.69, 9.17) is 10.5 Å². The number of alkyl carbamates (subject to hydrolysis) is 1. The average Bonchev–Trinajstić information content (AvgIpc) is 2.80. The molecule has 0 saturated carbocycles. The zero-order valence-corrected chi connectivity index (χ0v) is 22.8. The fourth-order valence-electron chi connectivity index (χ4n) is 3.71. The van der Waals surface area contributed by atoms with Gasteiger partial charge in [0.25, 0.3) is 0 Å². The predicted molar refractivity (Wildman–Crippen MR) is 142 cm³/mol. The van der Waals surface area contributed by atoms with Crippen LogP contribution in [0.25, 0.3) is 0 Å². The highest BCUT2D eigenvalue weighted by Gasteiger charge is 2.36. The number of amides is 4. The number of carbonyl (C=O) groups is 4. The van der Waals surface area contributed by atoms with E-state index in [9.17, 15) is 24.3 Å². The van der Waals surface area contributed by atoms with Crippen molar-refractivity contribution >= 4 is 23.8 Å². The van der Waals surface area contributed by atoms with Crippen LogP contribution in [-0.2, 0) is 19.1 Å². The topological polar surface area (TPSA) is 151 Å². The van der Waals surface area contributed by atoms with E-state index < -0.39 is 35.6 Å². The summed E-state index contributed by atoms with van der Waals surface area (Å²) in [5, 5.41) is 15.3. The largest absolute Gasteiger partial charge is 0.508 e. The summed E-state index contributed by atoms with van der Waals surface area (Å²) in [6, 6.07) is 3.98. The minimum absolute atomic E-state index is 0.0312. The zero-order valence-electron chi connectivity index (χ0n) is 22.8. The zero-order chi connectivity index (χ0) is 28.0. The smallest absolute Gasteiger partial charge is 0.408 e. The number of phenols is 1. The molecule has 1 aromatic rings. The molecular formula is C27H44N4O6. The first-order valence-corrected chi connectivity index (χ1v) is 13.0. The lowest BCUT2D eigenvalue weighted by atomic mass is 10.0. The monoisotopic (exact) mass is 520 g/mol. The Balaban J connectivity index is 3.43. The van der Waals surface area contributed by atoms with Crippen molar-refractivity contribution in [3.05, 3.63) is 29.8 Å². The second kappa shape index (κ2) is 15.7. The number of benzene rings is 1. The third kappa shape index (κ3) is 12.0. The molecule has 0 aliphatic rings.